The van der Waals surface area contributed by atoms with E-state index in [2.05, 4.69) is 4.90 Å². The first kappa shape index (κ1) is 10.1. The maximum Gasteiger partial charge on any atom is 0.0469 e. The van der Waals surface area contributed by atoms with Crippen molar-refractivity contribution in [1.82, 2.24) is 4.90 Å². The number of likely N-dealkylation sites (tertiary alicyclic amines) is 1. The lowest BCUT2D eigenvalue weighted by Gasteiger charge is -2.27. The first-order valence-electron chi connectivity index (χ1n) is 6.72. The van der Waals surface area contributed by atoms with Crippen LogP contribution in [-0.4, -0.2) is 37.7 Å². The Hall–Kier alpha value is -0.0800. The van der Waals surface area contributed by atoms with E-state index in [0.717, 1.165) is 31.0 Å². The summed E-state index contributed by atoms with van der Waals surface area (Å²) in [6, 6.07) is 0. The molecule has 2 heteroatoms. The van der Waals surface area contributed by atoms with Crippen molar-refractivity contribution in [3.63, 3.8) is 0 Å². The van der Waals surface area contributed by atoms with E-state index >= 15 is 0 Å². The maximum absolute atomic E-state index is 5.42. The lowest BCUT2D eigenvalue weighted by atomic mass is 10.00. The molecule has 15 heavy (non-hydrogen) atoms. The van der Waals surface area contributed by atoms with Crippen LogP contribution < -0.4 is 0 Å². The molecule has 1 saturated carbocycles. The average molecular weight is 209 g/mol. The highest BCUT2D eigenvalue weighted by atomic mass is 16.5. The smallest absolute Gasteiger partial charge is 0.0469 e. The van der Waals surface area contributed by atoms with Gasteiger partial charge in [0.25, 0.3) is 0 Å². The summed E-state index contributed by atoms with van der Waals surface area (Å²) < 4.78 is 5.42. The molecule has 2 aliphatic heterocycles. The van der Waals surface area contributed by atoms with Gasteiger partial charge < -0.3 is 9.64 Å². The summed E-state index contributed by atoms with van der Waals surface area (Å²) in [5.41, 5.74) is 0. The van der Waals surface area contributed by atoms with E-state index in [1.54, 1.807) is 0 Å². The predicted octanol–water partition coefficient (Wildman–Crippen LogP) is 2.14. The summed E-state index contributed by atoms with van der Waals surface area (Å²) in [4.78, 5) is 2.74. The Kier molecular flexibility index (Phi) is 2.98. The summed E-state index contributed by atoms with van der Waals surface area (Å²) in [5, 5.41) is 0. The monoisotopic (exact) mass is 209 g/mol. The summed E-state index contributed by atoms with van der Waals surface area (Å²) >= 11 is 0. The number of hydrogen-bond acceptors (Lipinski definition) is 2. The first-order valence-corrected chi connectivity index (χ1v) is 6.72. The van der Waals surface area contributed by atoms with Gasteiger partial charge in [0, 0.05) is 32.8 Å². The number of rotatable bonds is 2. The summed E-state index contributed by atoms with van der Waals surface area (Å²) in [6.45, 7) is 6.18. The van der Waals surface area contributed by atoms with E-state index < -0.39 is 0 Å². The minimum Gasteiger partial charge on any atom is -0.381 e. The molecule has 0 amide bonds. The molecule has 3 fully saturated rings. The fourth-order valence-electron chi connectivity index (χ4n) is 3.78. The fraction of sp³-hybridized carbons (Fsp3) is 1.00. The van der Waals surface area contributed by atoms with Crippen molar-refractivity contribution < 1.29 is 4.74 Å². The van der Waals surface area contributed by atoms with Crippen LogP contribution in [0.2, 0.25) is 0 Å². The van der Waals surface area contributed by atoms with E-state index in [0.29, 0.717) is 0 Å². The molecule has 0 radical (unpaired) electrons. The van der Waals surface area contributed by atoms with Gasteiger partial charge >= 0.3 is 0 Å². The van der Waals surface area contributed by atoms with Crippen molar-refractivity contribution in [2.75, 3.05) is 32.8 Å². The van der Waals surface area contributed by atoms with Crippen LogP contribution in [0.3, 0.4) is 0 Å². The standard InChI is InChI=1S/C13H23NO/c1-2-12-9-14(10-13(12)3-1)8-11-4-6-15-7-5-11/h11-13H,1-10H2. The predicted molar refractivity (Wildman–Crippen MR) is 60.8 cm³/mol. The fourth-order valence-corrected chi connectivity index (χ4v) is 3.78. The van der Waals surface area contributed by atoms with Crippen molar-refractivity contribution in [2.24, 2.45) is 17.8 Å². The van der Waals surface area contributed by atoms with Crippen molar-refractivity contribution >= 4 is 0 Å². The highest BCUT2D eigenvalue weighted by Crippen LogP contribution is 2.38. The normalized spacial score (nSPS) is 38.4. The van der Waals surface area contributed by atoms with E-state index in [1.807, 2.05) is 0 Å². The first-order chi connectivity index (χ1) is 7.42. The van der Waals surface area contributed by atoms with Gasteiger partial charge in [0.15, 0.2) is 0 Å². The zero-order valence-corrected chi connectivity index (χ0v) is 9.66. The molecule has 2 nitrogen and oxygen atoms in total. The third-order valence-electron chi connectivity index (χ3n) is 4.66. The van der Waals surface area contributed by atoms with Crippen LogP contribution in [0.5, 0.6) is 0 Å². The summed E-state index contributed by atoms with van der Waals surface area (Å²) in [5.74, 6) is 3.05. The van der Waals surface area contributed by atoms with Crippen LogP contribution in [-0.2, 0) is 4.74 Å². The molecular weight excluding hydrogens is 186 g/mol. The molecule has 0 aromatic heterocycles. The van der Waals surface area contributed by atoms with Gasteiger partial charge in [-0.3, -0.25) is 0 Å². The Bertz CT molecular complexity index is 201. The number of hydrogen-bond donors (Lipinski definition) is 0. The number of fused-ring (bicyclic) bond motifs is 1. The average Bonchev–Trinajstić information content (AvgIpc) is 2.79. The molecule has 0 N–H and O–H groups in total. The van der Waals surface area contributed by atoms with Gasteiger partial charge in [-0.2, -0.15) is 0 Å². The molecule has 86 valence electrons. The van der Waals surface area contributed by atoms with Crippen LogP contribution in [0.1, 0.15) is 32.1 Å². The van der Waals surface area contributed by atoms with Crippen molar-refractivity contribution in [3.05, 3.63) is 0 Å². The Labute approximate surface area is 93.0 Å². The zero-order chi connectivity index (χ0) is 10.1. The summed E-state index contributed by atoms with van der Waals surface area (Å²) in [6.07, 6.45) is 7.11. The number of ether oxygens (including phenoxy) is 1. The second kappa shape index (κ2) is 4.42. The molecule has 2 saturated heterocycles. The Morgan fingerprint density at radius 2 is 1.60 bits per heavy atom. The Morgan fingerprint density at radius 1 is 0.933 bits per heavy atom. The largest absolute Gasteiger partial charge is 0.381 e. The van der Waals surface area contributed by atoms with Crippen LogP contribution >= 0.6 is 0 Å². The Morgan fingerprint density at radius 3 is 2.27 bits per heavy atom. The van der Waals surface area contributed by atoms with E-state index in [1.165, 1.54) is 51.7 Å². The van der Waals surface area contributed by atoms with E-state index in [9.17, 15) is 0 Å². The molecule has 0 bridgehead atoms. The Balaban J connectivity index is 1.48. The maximum atomic E-state index is 5.42. The molecule has 0 aromatic rings. The number of nitrogens with zero attached hydrogens (tertiary/aromatic N) is 1. The zero-order valence-electron chi connectivity index (χ0n) is 9.66. The molecule has 3 rings (SSSR count). The lowest BCUT2D eigenvalue weighted by molar-refractivity contribution is 0.0546. The van der Waals surface area contributed by atoms with Gasteiger partial charge in [-0.1, -0.05) is 6.42 Å². The van der Waals surface area contributed by atoms with E-state index in [4.69, 9.17) is 4.74 Å². The SMILES string of the molecule is C1CC2CN(CC3CCOCC3)CC2C1. The van der Waals surface area contributed by atoms with Crippen molar-refractivity contribution in [2.45, 2.75) is 32.1 Å². The molecule has 0 spiro atoms. The van der Waals surface area contributed by atoms with Gasteiger partial charge in [0.05, 0.1) is 0 Å². The van der Waals surface area contributed by atoms with Gasteiger partial charge in [-0.25, -0.2) is 0 Å². The minimum atomic E-state index is 0.928. The third-order valence-corrected chi connectivity index (χ3v) is 4.66. The van der Waals surface area contributed by atoms with Gasteiger partial charge in [-0.05, 0) is 43.4 Å². The van der Waals surface area contributed by atoms with Crippen LogP contribution in [0, 0.1) is 17.8 Å². The van der Waals surface area contributed by atoms with E-state index in [-0.39, 0.29) is 0 Å². The van der Waals surface area contributed by atoms with Gasteiger partial charge in [-0.15, -0.1) is 0 Å². The second-order valence-corrected chi connectivity index (χ2v) is 5.73. The van der Waals surface area contributed by atoms with Crippen molar-refractivity contribution in [3.8, 4) is 0 Å². The molecule has 3 aliphatic rings. The van der Waals surface area contributed by atoms with Crippen LogP contribution in [0.15, 0.2) is 0 Å². The third kappa shape index (κ3) is 2.21. The molecule has 0 aromatic carbocycles. The quantitative estimate of drug-likeness (QED) is 0.691. The molecule has 2 unspecified atom stereocenters. The van der Waals surface area contributed by atoms with Crippen LogP contribution in [0.25, 0.3) is 0 Å². The molecule has 1 aliphatic carbocycles. The molecular formula is C13H23NO. The van der Waals surface area contributed by atoms with Gasteiger partial charge in [0.2, 0.25) is 0 Å². The second-order valence-electron chi connectivity index (χ2n) is 5.73. The van der Waals surface area contributed by atoms with Crippen molar-refractivity contribution in [1.29, 1.82) is 0 Å². The highest BCUT2D eigenvalue weighted by Gasteiger charge is 2.36. The van der Waals surface area contributed by atoms with Crippen LogP contribution in [0.4, 0.5) is 0 Å². The minimum absolute atomic E-state index is 0.928. The summed E-state index contributed by atoms with van der Waals surface area (Å²) in [7, 11) is 0. The molecule has 2 atom stereocenters. The highest BCUT2D eigenvalue weighted by molar-refractivity contribution is 4.89. The molecule has 2 heterocycles. The lowest BCUT2D eigenvalue weighted by Crippen LogP contribution is -2.31. The topological polar surface area (TPSA) is 12.5 Å². The van der Waals surface area contributed by atoms with Gasteiger partial charge in [0.1, 0.15) is 0 Å².